The summed E-state index contributed by atoms with van der Waals surface area (Å²) in [6, 6.07) is 12.4. The Labute approximate surface area is 226 Å². The number of carbonyl (C=O) groups is 3. The van der Waals surface area contributed by atoms with Crippen LogP contribution in [0.4, 0.5) is 18.9 Å². The molecule has 0 spiro atoms. The first-order chi connectivity index (χ1) is 18.5. The number of Topliss-reactive ketones (excluding diaryl/α,β-unsaturated/α-hetero) is 1. The predicted molar refractivity (Wildman–Crippen MR) is 143 cm³/mol. The molecule has 0 unspecified atom stereocenters. The number of rotatable bonds is 8. The number of nitrogens with zero attached hydrogens (tertiary/aromatic N) is 3. The first-order valence-electron chi connectivity index (χ1n) is 13.3. The summed E-state index contributed by atoms with van der Waals surface area (Å²) in [5.74, 6) is -0.607. The Morgan fingerprint density at radius 3 is 2.28 bits per heavy atom. The molecule has 2 fully saturated rings. The van der Waals surface area contributed by atoms with E-state index in [9.17, 15) is 27.6 Å². The number of carbonyl (C=O) groups excluding carboxylic acids is 3. The Morgan fingerprint density at radius 1 is 0.949 bits per heavy atom. The zero-order valence-corrected chi connectivity index (χ0v) is 22.3. The number of alkyl halides is 3. The SMILES string of the molecule is CN(C)C(=O)c1ccc(N2CCC(N3CC[C@@H](CC(=O)CNC(=O)c4cccc(C(F)(F)F)c4)C3)CC2)cc1. The molecule has 1 atom stereocenters. The van der Waals surface area contributed by atoms with Crippen molar-refractivity contribution in [3.63, 3.8) is 0 Å². The Bertz CT molecular complexity index is 1180. The van der Waals surface area contributed by atoms with E-state index in [-0.39, 0.29) is 29.7 Å². The first kappa shape index (κ1) is 28.6. The molecule has 2 amide bonds. The molecule has 0 aliphatic carbocycles. The molecule has 0 saturated carbocycles. The molecule has 39 heavy (non-hydrogen) atoms. The molecule has 2 saturated heterocycles. The van der Waals surface area contributed by atoms with Crippen molar-refractivity contribution in [2.24, 2.45) is 5.92 Å². The maximum absolute atomic E-state index is 12.9. The smallest absolute Gasteiger partial charge is 0.371 e. The van der Waals surface area contributed by atoms with Crippen LogP contribution >= 0.6 is 0 Å². The summed E-state index contributed by atoms with van der Waals surface area (Å²) in [6.07, 6.45) is -1.24. The fraction of sp³-hybridized carbons (Fsp3) is 0.483. The van der Waals surface area contributed by atoms with Crippen molar-refractivity contribution in [2.75, 3.05) is 51.7 Å². The summed E-state index contributed by atoms with van der Waals surface area (Å²) in [7, 11) is 3.48. The van der Waals surface area contributed by atoms with Gasteiger partial charge in [0.1, 0.15) is 0 Å². The third-order valence-corrected chi connectivity index (χ3v) is 7.60. The van der Waals surface area contributed by atoms with Crippen LogP contribution in [0.1, 0.15) is 52.0 Å². The van der Waals surface area contributed by atoms with Crippen molar-refractivity contribution >= 4 is 23.3 Å². The lowest BCUT2D eigenvalue weighted by Gasteiger charge is -2.38. The summed E-state index contributed by atoms with van der Waals surface area (Å²) in [4.78, 5) is 43.2. The average Bonchev–Trinajstić information content (AvgIpc) is 3.39. The van der Waals surface area contributed by atoms with E-state index in [4.69, 9.17) is 0 Å². The van der Waals surface area contributed by atoms with Crippen molar-refractivity contribution in [3.05, 3.63) is 65.2 Å². The monoisotopic (exact) mass is 544 g/mol. The molecule has 2 aliphatic rings. The highest BCUT2D eigenvalue weighted by Gasteiger charge is 2.32. The van der Waals surface area contributed by atoms with Crippen LogP contribution in [0.25, 0.3) is 0 Å². The molecule has 7 nitrogen and oxygen atoms in total. The van der Waals surface area contributed by atoms with Crippen LogP contribution in [0, 0.1) is 5.92 Å². The Hall–Kier alpha value is -3.40. The van der Waals surface area contributed by atoms with E-state index < -0.39 is 17.6 Å². The van der Waals surface area contributed by atoms with Gasteiger partial charge in [-0.3, -0.25) is 19.3 Å². The largest absolute Gasteiger partial charge is 0.416 e. The summed E-state index contributed by atoms with van der Waals surface area (Å²) >= 11 is 0. The van der Waals surface area contributed by atoms with Crippen LogP contribution in [0.15, 0.2) is 48.5 Å². The van der Waals surface area contributed by atoms with Crippen LogP contribution in [0.2, 0.25) is 0 Å². The summed E-state index contributed by atoms with van der Waals surface area (Å²) in [5, 5.41) is 2.47. The van der Waals surface area contributed by atoms with Crippen LogP contribution in [0.3, 0.4) is 0 Å². The molecule has 210 valence electrons. The second-order valence-electron chi connectivity index (χ2n) is 10.6. The molecule has 10 heteroatoms. The molecular weight excluding hydrogens is 509 g/mol. The molecule has 2 aromatic carbocycles. The van der Waals surface area contributed by atoms with E-state index in [1.54, 1.807) is 19.0 Å². The van der Waals surface area contributed by atoms with E-state index >= 15 is 0 Å². The van der Waals surface area contributed by atoms with E-state index in [1.165, 1.54) is 12.1 Å². The van der Waals surface area contributed by atoms with Crippen molar-refractivity contribution in [2.45, 2.75) is 37.9 Å². The molecule has 4 rings (SSSR count). The van der Waals surface area contributed by atoms with Gasteiger partial charge in [0.15, 0.2) is 5.78 Å². The number of anilines is 1. The number of ketones is 1. The molecule has 0 radical (unpaired) electrons. The first-order valence-corrected chi connectivity index (χ1v) is 13.3. The zero-order valence-electron chi connectivity index (χ0n) is 22.3. The van der Waals surface area contributed by atoms with E-state index in [2.05, 4.69) is 15.1 Å². The molecule has 2 heterocycles. The second-order valence-corrected chi connectivity index (χ2v) is 10.6. The average molecular weight is 545 g/mol. The van der Waals surface area contributed by atoms with Gasteiger partial charge in [-0.25, -0.2) is 0 Å². The quantitative estimate of drug-likeness (QED) is 0.542. The molecular formula is C29H35F3N4O3. The molecule has 0 aromatic heterocycles. The number of hydrogen-bond acceptors (Lipinski definition) is 5. The van der Waals surface area contributed by atoms with Gasteiger partial charge in [0.25, 0.3) is 11.8 Å². The fourth-order valence-corrected chi connectivity index (χ4v) is 5.43. The van der Waals surface area contributed by atoms with Crippen molar-refractivity contribution in [3.8, 4) is 0 Å². The van der Waals surface area contributed by atoms with E-state index in [0.29, 0.717) is 18.0 Å². The van der Waals surface area contributed by atoms with Crippen LogP contribution in [-0.4, -0.2) is 80.3 Å². The number of hydrogen-bond donors (Lipinski definition) is 1. The summed E-state index contributed by atoms with van der Waals surface area (Å²) in [6.45, 7) is 3.42. The fourth-order valence-electron chi connectivity index (χ4n) is 5.43. The molecule has 0 bridgehead atoms. The van der Waals surface area contributed by atoms with Gasteiger partial charge >= 0.3 is 6.18 Å². The Balaban J connectivity index is 1.19. The minimum absolute atomic E-state index is 0.0135. The van der Waals surface area contributed by atoms with Crippen LogP contribution in [-0.2, 0) is 11.0 Å². The van der Waals surface area contributed by atoms with Gasteiger partial charge in [-0.15, -0.1) is 0 Å². The topological polar surface area (TPSA) is 73.0 Å². The number of halogens is 3. The highest BCUT2D eigenvalue weighted by atomic mass is 19.4. The highest BCUT2D eigenvalue weighted by Crippen LogP contribution is 2.30. The number of amides is 2. The maximum atomic E-state index is 12.9. The molecule has 2 aromatic rings. The van der Waals surface area contributed by atoms with Gasteiger partial charge in [0, 0.05) is 63.0 Å². The van der Waals surface area contributed by atoms with Crippen LogP contribution in [0.5, 0.6) is 0 Å². The maximum Gasteiger partial charge on any atom is 0.416 e. The molecule has 1 N–H and O–H groups in total. The third-order valence-electron chi connectivity index (χ3n) is 7.60. The lowest BCUT2D eigenvalue weighted by atomic mass is 10.0. The van der Waals surface area contributed by atoms with Crippen molar-refractivity contribution in [1.82, 2.24) is 15.1 Å². The van der Waals surface area contributed by atoms with Gasteiger partial charge in [-0.05, 0) is 74.2 Å². The summed E-state index contributed by atoms with van der Waals surface area (Å²) in [5.41, 5.74) is 0.772. The summed E-state index contributed by atoms with van der Waals surface area (Å²) < 4.78 is 38.7. The highest BCUT2D eigenvalue weighted by molar-refractivity contribution is 5.97. The predicted octanol–water partition coefficient (Wildman–Crippen LogP) is 4.09. The van der Waals surface area contributed by atoms with Gasteiger partial charge in [0.05, 0.1) is 12.1 Å². The standard InChI is InChI=1S/C29H35F3N4O3/c1-34(2)28(39)21-6-8-24(9-7-21)35-14-11-25(12-15-35)36-13-10-20(19-36)16-26(37)18-33-27(38)22-4-3-5-23(17-22)29(30,31)32/h3-9,17,20,25H,10-16,18-19H2,1-2H3,(H,33,38)/t20-/m0/s1. The number of piperidine rings is 1. The van der Waals surface area contributed by atoms with E-state index in [0.717, 1.165) is 63.3 Å². The lowest BCUT2D eigenvalue weighted by Crippen LogP contribution is -2.44. The zero-order chi connectivity index (χ0) is 28.2. The van der Waals surface area contributed by atoms with Gasteiger partial charge in [-0.1, -0.05) is 6.07 Å². The minimum Gasteiger partial charge on any atom is -0.371 e. The number of benzene rings is 2. The third kappa shape index (κ3) is 7.38. The Morgan fingerprint density at radius 2 is 1.64 bits per heavy atom. The lowest BCUT2D eigenvalue weighted by molar-refractivity contribution is -0.137. The van der Waals surface area contributed by atoms with Gasteiger partial charge in [-0.2, -0.15) is 13.2 Å². The number of likely N-dealkylation sites (tertiary alicyclic amines) is 1. The Kier molecular flexibility index (Phi) is 8.94. The van der Waals surface area contributed by atoms with Gasteiger partial charge in [0.2, 0.25) is 0 Å². The van der Waals surface area contributed by atoms with Gasteiger partial charge < -0.3 is 15.1 Å². The molecule has 2 aliphatic heterocycles. The van der Waals surface area contributed by atoms with Crippen LogP contribution < -0.4 is 10.2 Å². The minimum atomic E-state index is -4.53. The second kappa shape index (κ2) is 12.2. The number of nitrogens with one attached hydrogen (secondary N) is 1. The van der Waals surface area contributed by atoms with Crippen molar-refractivity contribution in [1.29, 1.82) is 0 Å². The van der Waals surface area contributed by atoms with E-state index in [1.807, 2.05) is 24.3 Å². The normalized spacial score (nSPS) is 18.7. The van der Waals surface area contributed by atoms with Crippen molar-refractivity contribution < 1.29 is 27.6 Å².